The van der Waals surface area contributed by atoms with E-state index in [1.165, 1.54) is 0 Å². The van der Waals surface area contributed by atoms with Crippen LogP contribution in [0.4, 0.5) is 19.0 Å². The SMILES string of the molecule is Cc1nccnc1N1CCC(c2nnc3n2-c2ccc(Cl)cc2CN(C24CC(C(F)(F)F)(C2)C4)C3)CC1. The number of hydrogen-bond acceptors (Lipinski definition) is 6. The third kappa shape index (κ3) is 3.44. The number of halogens is 4. The van der Waals surface area contributed by atoms with Gasteiger partial charge in [0.05, 0.1) is 23.3 Å². The molecule has 2 aliphatic heterocycles. The second kappa shape index (κ2) is 7.89. The van der Waals surface area contributed by atoms with Crippen LogP contribution in [0.15, 0.2) is 30.6 Å². The minimum atomic E-state index is -4.13. The first-order chi connectivity index (χ1) is 17.7. The first kappa shape index (κ1) is 23.4. The van der Waals surface area contributed by atoms with Gasteiger partial charge in [0.1, 0.15) is 11.6 Å². The molecule has 4 fully saturated rings. The van der Waals surface area contributed by atoms with Gasteiger partial charge in [-0.05, 0) is 62.8 Å². The summed E-state index contributed by atoms with van der Waals surface area (Å²) >= 11 is 6.38. The normalized spacial score (nSPS) is 27.6. The van der Waals surface area contributed by atoms with Crippen molar-refractivity contribution >= 4 is 17.4 Å². The molecular weight excluding hydrogens is 503 g/mol. The summed E-state index contributed by atoms with van der Waals surface area (Å²) < 4.78 is 42.8. The van der Waals surface area contributed by atoms with E-state index in [0.29, 0.717) is 18.1 Å². The van der Waals surface area contributed by atoms with Gasteiger partial charge >= 0.3 is 6.18 Å². The molecule has 3 aromatic rings. The third-order valence-corrected chi connectivity index (χ3v) is 9.26. The smallest absolute Gasteiger partial charge is 0.355 e. The fraction of sp³-hybridized carbons (Fsp3) is 0.538. The van der Waals surface area contributed by atoms with Crippen LogP contribution in [-0.2, 0) is 13.1 Å². The number of alkyl halides is 3. The van der Waals surface area contributed by atoms with Gasteiger partial charge in [-0.2, -0.15) is 13.2 Å². The molecule has 8 rings (SSSR count). The summed E-state index contributed by atoms with van der Waals surface area (Å²) in [7, 11) is 0. The molecule has 0 unspecified atom stereocenters. The predicted octanol–water partition coefficient (Wildman–Crippen LogP) is 5.20. The van der Waals surface area contributed by atoms with E-state index in [9.17, 15) is 13.2 Å². The second-order valence-corrected chi connectivity index (χ2v) is 11.6. The number of anilines is 1. The first-order valence-electron chi connectivity index (χ1n) is 12.8. The van der Waals surface area contributed by atoms with Crippen molar-refractivity contribution in [2.24, 2.45) is 5.41 Å². The minimum Gasteiger partial charge on any atom is -0.355 e. The lowest BCUT2D eigenvalue weighted by molar-refractivity contribution is -0.364. The van der Waals surface area contributed by atoms with Gasteiger partial charge in [-0.15, -0.1) is 10.2 Å². The highest BCUT2D eigenvalue weighted by Crippen LogP contribution is 2.75. The number of nitrogens with zero attached hydrogens (tertiary/aromatic N) is 7. The monoisotopic (exact) mass is 529 g/mol. The van der Waals surface area contributed by atoms with Gasteiger partial charge in [0.25, 0.3) is 0 Å². The third-order valence-electron chi connectivity index (χ3n) is 9.02. The molecule has 37 heavy (non-hydrogen) atoms. The lowest BCUT2D eigenvalue weighted by Crippen LogP contribution is -2.78. The lowest BCUT2D eigenvalue weighted by atomic mass is 9.38. The van der Waals surface area contributed by atoms with Crippen LogP contribution in [0.25, 0.3) is 5.69 Å². The Bertz CT molecular complexity index is 1360. The van der Waals surface area contributed by atoms with E-state index in [1.54, 1.807) is 12.4 Å². The number of aryl methyl sites for hydroxylation is 1. The van der Waals surface area contributed by atoms with Gasteiger partial charge in [-0.25, -0.2) is 4.98 Å². The fourth-order valence-electron chi connectivity index (χ4n) is 7.06. The molecular formula is C26H27ClF3N7. The van der Waals surface area contributed by atoms with Gasteiger partial charge in [-0.1, -0.05) is 11.6 Å². The lowest BCUT2D eigenvalue weighted by Gasteiger charge is -2.73. The quantitative estimate of drug-likeness (QED) is 0.464. The van der Waals surface area contributed by atoms with Crippen molar-refractivity contribution in [2.45, 2.75) is 69.8 Å². The molecule has 5 aliphatic rings. The Labute approximate surface area is 217 Å². The maximum atomic E-state index is 13.6. The Morgan fingerprint density at radius 1 is 1.00 bits per heavy atom. The number of benzene rings is 1. The van der Waals surface area contributed by atoms with Crippen molar-refractivity contribution in [2.75, 3.05) is 18.0 Å². The van der Waals surface area contributed by atoms with Crippen LogP contribution in [0.5, 0.6) is 0 Å². The number of rotatable bonds is 3. The van der Waals surface area contributed by atoms with E-state index in [1.807, 2.05) is 25.1 Å². The number of aromatic nitrogens is 5. The number of hydrogen-bond donors (Lipinski definition) is 0. The molecule has 4 heterocycles. The molecule has 7 nitrogen and oxygen atoms in total. The van der Waals surface area contributed by atoms with E-state index in [2.05, 4.69) is 34.5 Å². The van der Waals surface area contributed by atoms with Gasteiger partial charge in [0.2, 0.25) is 0 Å². The van der Waals surface area contributed by atoms with Crippen LogP contribution in [0, 0.1) is 12.3 Å². The van der Waals surface area contributed by atoms with Crippen LogP contribution < -0.4 is 4.90 Å². The van der Waals surface area contributed by atoms with Gasteiger partial charge in [-0.3, -0.25) is 14.5 Å². The summed E-state index contributed by atoms with van der Waals surface area (Å²) in [6.45, 7) is 4.69. The van der Waals surface area contributed by atoms with Crippen LogP contribution in [0.2, 0.25) is 5.02 Å². The van der Waals surface area contributed by atoms with Crippen molar-refractivity contribution in [3.63, 3.8) is 0 Å². The summed E-state index contributed by atoms with van der Waals surface area (Å²) in [5.41, 5.74) is 0.988. The Morgan fingerprint density at radius 3 is 2.43 bits per heavy atom. The molecule has 2 bridgehead atoms. The Balaban J connectivity index is 1.18. The molecule has 0 spiro atoms. The first-order valence-corrected chi connectivity index (χ1v) is 13.1. The zero-order valence-corrected chi connectivity index (χ0v) is 21.2. The fourth-order valence-corrected chi connectivity index (χ4v) is 7.25. The topological polar surface area (TPSA) is 63.0 Å². The minimum absolute atomic E-state index is 0.167. The van der Waals surface area contributed by atoms with Crippen LogP contribution in [0.1, 0.15) is 60.9 Å². The molecule has 11 heteroatoms. The van der Waals surface area contributed by atoms with Gasteiger partial charge in [0, 0.05) is 48.5 Å². The van der Waals surface area contributed by atoms with E-state index in [0.717, 1.165) is 60.3 Å². The molecule has 0 amide bonds. The Kier molecular flexibility index (Phi) is 4.99. The molecule has 1 saturated heterocycles. The number of piperidine rings is 1. The van der Waals surface area contributed by atoms with Gasteiger partial charge in [0.15, 0.2) is 5.82 Å². The highest BCUT2D eigenvalue weighted by molar-refractivity contribution is 6.30. The Morgan fingerprint density at radius 2 is 1.73 bits per heavy atom. The van der Waals surface area contributed by atoms with Crippen LogP contribution >= 0.6 is 11.6 Å². The van der Waals surface area contributed by atoms with E-state index in [4.69, 9.17) is 11.6 Å². The summed E-state index contributed by atoms with van der Waals surface area (Å²) in [6, 6.07) is 5.80. The molecule has 0 N–H and O–H groups in total. The van der Waals surface area contributed by atoms with E-state index in [-0.39, 0.29) is 25.2 Å². The maximum Gasteiger partial charge on any atom is 0.394 e. The van der Waals surface area contributed by atoms with Crippen LogP contribution in [0.3, 0.4) is 0 Å². The zero-order valence-electron chi connectivity index (χ0n) is 20.5. The number of fused-ring (bicyclic) bond motifs is 3. The van der Waals surface area contributed by atoms with E-state index < -0.39 is 17.1 Å². The summed E-state index contributed by atoms with van der Waals surface area (Å²) in [6.07, 6.45) is 1.61. The summed E-state index contributed by atoms with van der Waals surface area (Å²) in [5, 5.41) is 9.86. The molecule has 1 aromatic carbocycles. The molecule has 0 atom stereocenters. The standard InChI is InChI=1S/C26H27ClF3N7/c1-16-22(32-7-6-31-16)35-8-4-17(5-9-35)23-34-33-21-12-36(25-13-24(14-25,15-25)26(28,29)30)11-18-10-19(27)2-3-20(18)37(21)23/h2-3,6-7,10,17H,4-5,8-9,11-15H2,1H3. The molecule has 3 aliphatic carbocycles. The highest BCUT2D eigenvalue weighted by atomic mass is 35.5. The highest BCUT2D eigenvalue weighted by Gasteiger charge is 2.79. The maximum absolute atomic E-state index is 13.6. The van der Waals surface area contributed by atoms with Gasteiger partial charge < -0.3 is 4.90 Å². The van der Waals surface area contributed by atoms with E-state index >= 15 is 0 Å². The van der Waals surface area contributed by atoms with Crippen molar-refractivity contribution in [3.8, 4) is 5.69 Å². The van der Waals surface area contributed by atoms with Crippen LogP contribution in [-0.4, -0.2) is 54.4 Å². The average molecular weight is 530 g/mol. The molecule has 2 aromatic heterocycles. The summed E-state index contributed by atoms with van der Waals surface area (Å²) in [4.78, 5) is 13.4. The largest absolute Gasteiger partial charge is 0.394 e. The molecule has 194 valence electrons. The molecule has 0 radical (unpaired) electrons. The predicted molar refractivity (Wildman–Crippen MR) is 132 cm³/mol. The van der Waals surface area contributed by atoms with Crippen molar-refractivity contribution in [1.29, 1.82) is 0 Å². The van der Waals surface area contributed by atoms with Crippen molar-refractivity contribution in [1.82, 2.24) is 29.6 Å². The van der Waals surface area contributed by atoms with Crippen molar-refractivity contribution in [3.05, 3.63) is 58.5 Å². The van der Waals surface area contributed by atoms with Crippen molar-refractivity contribution < 1.29 is 13.2 Å². The second-order valence-electron chi connectivity index (χ2n) is 11.2. The zero-order chi connectivity index (χ0) is 25.6. The summed E-state index contributed by atoms with van der Waals surface area (Å²) in [5.74, 6) is 2.84. The Hall–Kier alpha value is -2.72. The average Bonchev–Trinajstić information content (AvgIpc) is 3.13. The molecule has 3 saturated carbocycles.